The molecule has 100 valence electrons. The number of nitrogens with zero attached hydrogens (tertiary/aromatic N) is 3. The molecule has 5 heteroatoms. The van der Waals surface area contributed by atoms with Crippen LogP contribution in [0.25, 0.3) is 11.2 Å². The third kappa shape index (κ3) is 2.66. The Kier molecular flexibility index (Phi) is 3.55. The first kappa shape index (κ1) is 12.3. The highest BCUT2D eigenvalue weighted by Crippen LogP contribution is 2.26. The third-order valence-electron chi connectivity index (χ3n) is 3.88. The smallest absolute Gasteiger partial charge is 0.180 e. The molecule has 0 saturated heterocycles. The molecule has 0 amide bonds. The van der Waals surface area contributed by atoms with Gasteiger partial charge in [0, 0.05) is 18.4 Å². The van der Waals surface area contributed by atoms with Crippen molar-refractivity contribution in [2.75, 3.05) is 11.9 Å². The van der Waals surface area contributed by atoms with Crippen LogP contribution < -0.4 is 11.1 Å². The van der Waals surface area contributed by atoms with Gasteiger partial charge in [0.1, 0.15) is 11.3 Å². The van der Waals surface area contributed by atoms with Crippen LogP contribution >= 0.6 is 0 Å². The van der Waals surface area contributed by atoms with E-state index >= 15 is 0 Å². The van der Waals surface area contributed by atoms with Crippen LogP contribution in [0.15, 0.2) is 24.5 Å². The summed E-state index contributed by atoms with van der Waals surface area (Å²) in [7, 11) is 0. The molecule has 1 aliphatic carbocycles. The second-order valence-corrected chi connectivity index (χ2v) is 5.13. The minimum atomic E-state index is 0.431. The standard InChI is InChI=1S/C14H19N5/c15-9-10-3-1-2-4-11(10)18-13-6-5-12-14(19-13)17-8-7-16-12/h5-8,10-11H,1-4,9,15H2,(H,17,18,19). The number of aromatic nitrogens is 3. The summed E-state index contributed by atoms with van der Waals surface area (Å²) < 4.78 is 0. The predicted molar refractivity (Wildman–Crippen MR) is 75.8 cm³/mol. The molecule has 0 spiro atoms. The van der Waals surface area contributed by atoms with E-state index in [2.05, 4.69) is 20.3 Å². The number of anilines is 1. The lowest BCUT2D eigenvalue weighted by atomic mass is 9.84. The second-order valence-electron chi connectivity index (χ2n) is 5.13. The zero-order valence-electron chi connectivity index (χ0n) is 10.9. The molecule has 0 aliphatic heterocycles. The molecule has 0 aromatic carbocycles. The highest BCUT2D eigenvalue weighted by molar-refractivity contribution is 5.71. The van der Waals surface area contributed by atoms with Gasteiger partial charge in [0.2, 0.25) is 0 Å². The summed E-state index contributed by atoms with van der Waals surface area (Å²) in [6, 6.07) is 4.36. The molecule has 0 bridgehead atoms. The number of nitrogens with one attached hydrogen (secondary N) is 1. The zero-order chi connectivity index (χ0) is 13.1. The highest BCUT2D eigenvalue weighted by Gasteiger charge is 2.23. The molecule has 1 aliphatic rings. The molecule has 2 atom stereocenters. The van der Waals surface area contributed by atoms with E-state index in [-0.39, 0.29) is 0 Å². The summed E-state index contributed by atoms with van der Waals surface area (Å²) in [6.07, 6.45) is 8.28. The number of pyridine rings is 1. The summed E-state index contributed by atoms with van der Waals surface area (Å²) in [5, 5.41) is 3.52. The maximum atomic E-state index is 5.86. The largest absolute Gasteiger partial charge is 0.367 e. The minimum Gasteiger partial charge on any atom is -0.367 e. The van der Waals surface area contributed by atoms with Crippen LogP contribution in [0.4, 0.5) is 5.82 Å². The number of fused-ring (bicyclic) bond motifs is 1. The van der Waals surface area contributed by atoms with Crippen molar-refractivity contribution in [3.63, 3.8) is 0 Å². The molecule has 2 heterocycles. The Bertz CT molecular complexity index is 556. The van der Waals surface area contributed by atoms with Crippen molar-refractivity contribution in [1.82, 2.24) is 15.0 Å². The number of rotatable bonds is 3. The summed E-state index contributed by atoms with van der Waals surface area (Å²) in [4.78, 5) is 13.0. The van der Waals surface area contributed by atoms with Gasteiger partial charge in [0.15, 0.2) is 5.65 Å². The van der Waals surface area contributed by atoms with Crippen LogP contribution in [0.3, 0.4) is 0 Å². The lowest BCUT2D eigenvalue weighted by Gasteiger charge is -2.31. The van der Waals surface area contributed by atoms with Crippen molar-refractivity contribution in [2.24, 2.45) is 11.7 Å². The van der Waals surface area contributed by atoms with E-state index in [1.807, 2.05) is 12.1 Å². The van der Waals surface area contributed by atoms with Gasteiger partial charge in [-0.2, -0.15) is 0 Å². The van der Waals surface area contributed by atoms with Gasteiger partial charge in [0.25, 0.3) is 0 Å². The molecule has 19 heavy (non-hydrogen) atoms. The normalized spacial score (nSPS) is 23.4. The van der Waals surface area contributed by atoms with Gasteiger partial charge >= 0.3 is 0 Å². The van der Waals surface area contributed by atoms with Crippen molar-refractivity contribution < 1.29 is 0 Å². The Morgan fingerprint density at radius 3 is 2.89 bits per heavy atom. The first-order valence-electron chi connectivity index (χ1n) is 6.91. The molecule has 3 rings (SSSR count). The number of hydrogen-bond acceptors (Lipinski definition) is 5. The quantitative estimate of drug-likeness (QED) is 0.879. The van der Waals surface area contributed by atoms with Gasteiger partial charge in [-0.05, 0) is 37.4 Å². The van der Waals surface area contributed by atoms with Crippen molar-refractivity contribution in [3.8, 4) is 0 Å². The van der Waals surface area contributed by atoms with E-state index in [4.69, 9.17) is 5.73 Å². The van der Waals surface area contributed by atoms with Gasteiger partial charge < -0.3 is 11.1 Å². The van der Waals surface area contributed by atoms with Gasteiger partial charge in [-0.1, -0.05) is 12.8 Å². The lowest BCUT2D eigenvalue weighted by Crippen LogP contribution is -2.36. The van der Waals surface area contributed by atoms with E-state index < -0.39 is 0 Å². The molecule has 0 radical (unpaired) electrons. The maximum Gasteiger partial charge on any atom is 0.180 e. The Hall–Kier alpha value is -1.75. The van der Waals surface area contributed by atoms with E-state index in [1.165, 1.54) is 25.7 Å². The summed E-state index contributed by atoms with van der Waals surface area (Å²) in [5.41, 5.74) is 7.37. The molecule has 2 aromatic heterocycles. The average molecular weight is 257 g/mol. The van der Waals surface area contributed by atoms with Crippen molar-refractivity contribution >= 4 is 17.0 Å². The average Bonchev–Trinajstić information content (AvgIpc) is 2.48. The molecule has 3 N–H and O–H groups in total. The summed E-state index contributed by atoms with van der Waals surface area (Å²) in [5.74, 6) is 1.42. The third-order valence-corrected chi connectivity index (χ3v) is 3.88. The Morgan fingerprint density at radius 1 is 1.16 bits per heavy atom. The van der Waals surface area contributed by atoms with Crippen molar-refractivity contribution in [2.45, 2.75) is 31.7 Å². The van der Waals surface area contributed by atoms with Crippen LogP contribution in [0.2, 0.25) is 0 Å². The van der Waals surface area contributed by atoms with E-state index in [9.17, 15) is 0 Å². The van der Waals surface area contributed by atoms with Gasteiger partial charge in [-0.3, -0.25) is 4.98 Å². The van der Waals surface area contributed by atoms with Gasteiger partial charge in [0.05, 0.1) is 0 Å². The van der Waals surface area contributed by atoms with E-state index in [0.29, 0.717) is 17.6 Å². The Balaban J connectivity index is 1.80. The van der Waals surface area contributed by atoms with Crippen LogP contribution in [-0.2, 0) is 0 Å². The Labute approximate surface area is 112 Å². The first-order valence-corrected chi connectivity index (χ1v) is 6.91. The minimum absolute atomic E-state index is 0.431. The molecule has 1 saturated carbocycles. The first-order chi connectivity index (χ1) is 9.36. The van der Waals surface area contributed by atoms with Crippen LogP contribution in [0.1, 0.15) is 25.7 Å². The fraction of sp³-hybridized carbons (Fsp3) is 0.500. The SMILES string of the molecule is NCC1CCCCC1Nc1ccc2nccnc2n1. The van der Waals surface area contributed by atoms with Crippen LogP contribution in [0.5, 0.6) is 0 Å². The fourth-order valence-electron chi connectivity index (χ4n) is 2.80. The Morgan fingerprint density at radius 2 is 2.00 bits per heavy atom. The predicted octanol–water partition coefficient (Wildman–Crippen LogP) is 1.95. The van der Waals surface area contributed by atoms with Gasteiger partial charge in [-0.15, -0.1) is 0 Å². The zero-order valence-corrected chi connectivity index (χ0v) is 10.9. The molecule has 1 fully saturated rings. The molecule has 5 nitrogen and oxygen atoms in total. The van der Waals surface area contributed by atoms with Gasteiger partial charge in [-0.25, -0.2) is 9.97 Å². The van der Waals surface area contributed by atoms with E-state index in [1.54, 1.807) is 12.4 Å². The lowest BCUT2D eigenvalue weighted by molar-refractivity contribution is 0.332. The fourth-order valence-corrected chi connectivity index (χ4v) is 2.80. The number of hydrogen-bond donors (Lipinski definition) is 2. The molecule has 2 unspecified atom stereocenters. The van der Waals surface area contributed by atoms with Crippen LogP contribution in [-0.4, -0.2) is 27.5 Å². The topological polar surface area (TPSA) is 76.7 Å². The van der Waals surface area contributed by atoms with Crippen molar-refractivity contribution in [1.29, 1.82) is 0 Å². The maximum absolute atomic E-state index is 5.86. The number of nitrogens with two attached hydrogens (primary N) is 1. The molecule has 2 aromatic rings. The highest BCUT2D eigenvalue weighted by atomic mass is 15.0. The van der Waals surface area contributed by atoms with Crippen molar-refractivity contribution in [3.05, 3.63) is 24.5 Å². The second kappa shape index (κ2) is 5.48. The molecular formula is C14H19N5. The van der Waals surface area contributed by atoms with Crippen LogP contribution in [0, 0.1) is 5.92 Å². The summed E-state index contributed by atoms with van der Waals surface area (Å²) in [6.45, 7) is 0.741. The molecular weight excluding hydrogens is 238 g/mol. The monoisotopic (exact) mass is 257 g/mol. The van der Waals surface area contributed by atoms with E-state index in [0.717, 1.165) is 17.9 Å². The summed E-state index contributed by atoms with van der Waals surface area (Å²) >= 11 is 0.